The minimum absolute atomic E-state index is 0.100. The molecule has 0 spiro atoms. The van der Waals surface area contributed by atoms with Gasteiger partial charge in [0.1, 0.15) is 0 Å². The maximum absolute atomic E-state index is 10.8. The summed E-state index contributed by atoms with van der Waals surface area (Å²) in [5, 5.41) is 2.74. The molecule has 0 aliphatic carbocycles. The molecule has 1 amide bonds. The second-order valence-electron chi connectivity index (χ2n) is 3.56. The van der Waals surface area contributed by atoms with Crippen molar-refractivity contribution in [3.05, 3.63) is 12.7 Å². The van der Waals surface area contributed by atoms with Crippen LogP contribution >= 0.6 is 0 Å². The van der Waals surface area contributed by atoms with E-state index in [-0.39, 0.29) is 5.91 Å². The molecule has 3 nitrogen and oxygen atoms in total. The van der Waals surface area contributed by atoms with Crippen molar-refractivity contribution in [2.75, 3.05) is 13.7 Å². The zero-order valence-electron chi connectivity index (χ0n) is 8.72. The first-order chi connectivity index (χ1) is 6.02. The van der Waals surface area contributed by atoms with Crippen molar-refractivity contribution in [3.8, 4) is 0 Å². The minimum Gasteiger partial charge on any atom is -0.420 e. The summed E-state index contributed by atoms with van der Waals surface area (Å²) < 4.78 is 5.38. The Hall–Kier alpha value is -0.613. The first-order valence-electron chi connectivity index (χ1n) is 4.47. The average molecular weight is 201 g/mol. The van der Waals surface area contributed by atoms with Gasteiger partial charge in [0.05, 0.1) is 0 Å². The Balaban J connectivity index is 3.46. The molecule has 0 atom stereocenters. The van der Waals surface area contributed by atoms with Gasteiger partial charge in [0, 0.05) is 13.7 Å². The van der Waals surface area contributed by atoms with Crippen LogP contribution in [0.15, 0.2) is 12.7 Å². The van der Waals surface area contributed by atoms with Gasteiger partial charge in [0.15, 0.2) is 8.32 Å². The molecule has 1 N–H and O–H groups in total. The van der Waals surface area contributed by atoms with Gasteiger partial charge >= 0.3 is 0 Å². The Morgan fingerprint density at radius 3 is 2.69 bits per heavy atom. The Bertz CT molecular complexity index is 180. The van der Waals surface area contributed by atoms with Gasteiger partial charge in [-0.25, -0.2) is 0 Å². The van der Waals surface area contributed by atoms with Gasteiger partial charge in [-0.15, -0.1) is 0 Å². The number of hydrogen-bond acceptors (Lipinski definition) is 2. The molecule has 0 unspecified atom stereocenters. The lowest BCUT2D eigenvalue weighted by molar-refractivity contribution is -0.116. The standard InChI is InChI=1S/C9H19NO2Si/c1-5-9(11)10-7-6-8-13(3,4)12-2/h5H,1,6-8H2,2-4H3,(H,10,11). The molecule has 0 bridgehead atoms. The highest BCUT2D eigenvalue weighted by Gasteiger charge is 2.19. The van der Waals surface area contributed by atoms with Crippen molar-refractivity contribution in [2.24, 2.45) is 0 Å². The fourth-order valence-electron chi connectivity index (χ4n) is 0.900. The Labute approximate surface area is 81.3 Å². The van der Waals surface area contributed by atoms with Crippen molar-refractivity contribution in [3.63, 3.8) is 0 Å². The van der Waals surface area contributed by atoms with E-state index in [1.165, 1.54) is 6.08 Å². The molecule has 76 valence electrons. The van der Waals surface area contributed by atoms with Gasteiger partial charge < -0.3 is 9.74 Å². The van der Waals surface area contributed by atoms with Crippen LogP contribution in [-0.4, -0.2) is 27.9 Å². The molecule has 0 aromatic rings. The third-order valence-electron chi connectivity index (χ3n) is 1.99. The molecule has 13 heavy (non-hydrogen) atoms. The van der Waals surface area contributed by atoms with Crippen molar-refractivity contribution < 1.29 is 9.22 Å². The van der Waals surface area contributed by atoms with Crippen molar-refractivity contribution in [2.45, 2.75) is 25.6 Å². The number of carbonyl (C=O) groups excluding carboxylic acids is 1. The van der Waals surface area contributed by atoms with E-state index >= 15 is 0 Å². The number of hydrogen-bond donors (Lipinski definition) is 1. The maximum atomic E-state index is 10.8. The van der Waals surface area contributed by atoms with Crippen molar-refractivity contribution >= 4 is 14.2 Å². The summed E-state index contributed by atoms with van der Waals surface area (Å²) in [4.78, 5) is 10.8. The summed E-state index contributed by atoms with van der Waals surface area (Å²) in [7, 11) is 0.322. The van der Waals surface area contributed by atoms with Crippen LogP contribution in [0.1, 0.15) is 6.42 Å². The molecule has 0 aromatic carbocycles. The molecule has 0 aliphatic heterocycles. The fraction of sp³-hybridized carbons (Fsp3) is 0.667. The smallest absolute Gasteiger partial charge is 0.243 e. The van der Waals surface area contributed by atoms with Crippen LogP contribution in [0, 0.1) is 0 Å². The fourth-order valence-corrected chi connectivity index (χ4v) is 2.13. The zero-order valence-corrected chi connectivity index (χ0v) is 9.72. The molecular formula is C9H19NO2Si. The quantitative estimate of drug-likeness (QED) is 0.402. The summed E-state index contributed by atoms with van der Waals surface area (Å²) in [6.45, 7) is 8.43. The van der Waals surface area contributed by atoms with Gasteiger partial charge in [-0.3, -0.25) is 4.79 Å². The highest BCUT2D eigenvalue weighted by molar-refractivity contribution is 6.71. The van der Waals surface area contributed by atoms with E-state index in [0.29, 0.717) is 6.54 Å². The zero-order chi connectivity index (χ0) is 10.3. The number of nitrogens with one attached hydrogen (secondary N) is 1. The molecule has 0 heterocycles. The van der Waals surface area contributed by atoms with Crippen molar-refractivity contribution in [1.82, 2.24) is 5.32 Å². The Morgan fingerprint density at radius 2 is 2.23 bits per heavy atom. The van der Waals surface area contributed by atoms with Crippen LogP contribution in [0.2, 0.25) is 19.1 Å². The van der Waals surface area contributed by atoms with E-state index in [1.54, 1.807) is 7.11 Å². The van der Waals surface area contributed by atoms with E-state index in [9.17, 15) is 4.79 Å². The van der Waals surface area contributed by atoms with Gasteiger partial charge in [-0.2, -0.15) is 0 Å². The number of amides is 1. The second kappa shape index (κ2) is 5.94. The SMILES string of the molecule is C=CC(=O)NCCC[Si](C)(C)OC. The monoisotopic (exact) mass is 201 g/mol. The van der Waals surface area contributed by atoms with E-state index in [1.807, 2.05) is 0 Å². The Kier molecular flexibility index (Phi) is 5.66. The van der Waals surface area contributed by atoms with Crippen LogP contribution in [0.5, 0.6) is 0 Å². The molecule has 0 rings (SSSR count). The summed E-state index contributed by atoms with van der Waals surface area (Å²) in [6.07, 6.45) is 2.27. The van der Waals surface area contributed by atoms with E-state index < -0.39 is 8.32 Å². The van der Waals surface area contributed by atoms with E-state index in [0.717, 1.165) is 12.5 Å². The first-order valence-corrected chi connectivity index (χ1v) is 7.59. The van der Waals surface area contributed by atoms with Gasteiger partial charge in [-0.1, -0.05) is 6.58 Å². The lowest BCUT2D eigenvalue weighted by Crippen LogP contribution is -2.30. The molecule has 0 aromatic heterocycles. The van der Waals surface area contributed by atoms with Crippen LogP contribution in [-0.2, 0) is 9.22 Å². The average Bonchev–Trinajstić information content (AvgIpc) is 2.12. The van der Waals surface area contributed by atoms with Crippen LogP contribution < -0.4 is 5.32 Å². The molecule has 4 heteroatoms. The summed E-state index contributed by atoms with van der Waals surface area (Å²) in [5.41, 5.74) is 0. The summed E-state index contributed by atoms with van der Waals surface area (Å²) in [5.74, 6) is -0.100. The first kappa shape index (κ1) is 12.4. The van der Waals surface area contributed by atoms with E-state index in [2.05, 4.69) is 25.0 Å². The number of rotatable bonds is 6. The van der Waals surface area contributed by atoms with E-state index in [4.69, 9.17) is 4.43 Å². The predicted octanol–water partition coefficient (Wildman–Crippen LogP) is 1.53. The Morgan fingerprint density at radius 1 is 1.62 bits per heavy atom. The topological polar surface area (TPSA) is 38.3 Å². The number of carbonyl (C=O) groups is 1. The van der Waals surface area contributed by atoms with Gasteiger partial charge in [0.25, 0.3) is 0 Å². The normalized spacial score (nSPS) is 11.0. The van der Waals surface area contributed by atoms with Crippen LogP contribution in [0.3, 0.4) is 0 Å². The minimum atomic E-state index is -1.44. The van der Waals surface area contributed by atoms with Crippen LogP contribution in [0.4, 0.5) is 0 Å². The van der Waals surface area contributed by atoms with Gasteiger partial charge in [0.2, 0.25) is 5.91 Å². The molecular weight excluding hydrogens is 182 g/mol. The van der Waals surface area contributed by atoms with Crippen molar-refractivity contribution in [1.29, 1.82) is 0 Å². The maximum Gasteiger partial charge on any atom is 0.243 e. The highest BCUT2D eigenvalue weighted by Crippen LogP contribution is 2.11. The largest absolute Gasteiger partial charge is 0.420 e. The summed E-state index contributed by atoms with van der Waals surface area (Å²) in [6, 6.07) is 1.07. The molecule has 0 radical (unpaired) electrons. The predicted molar refractivity (Wildman–Crippen MR) is 57.1 cm³/mol. The third kappa shape index (κ3) is 6.54. The van der Waals surface area contributed by atoms with Gasteiger partial charge in [-0.05, 0) is 31.6 Å². The lowest BCUT2D eigenvalue weighted by atomic mass is 10.4. The second-order valence-corrected chi connectivity index (χ2v) is 7.99. The summed E-state index contributed by atoms with van der Waals surface area (Å²) >= 11 is 0. The molecule has 0 saturated heterocycles. The van der Waals surface area contributed by atoms with Crippen LogP contribution in [0.25, 0.3) is 0 Å². The lowest BCUT2D eigenvalue weighted by Gasteiger charge is -2.19. The molecule has 0 saturated carbocycles. The highest BCUT2D eigenvalue weighted by atomic mass is 28.4. The molecule has 0 fully saturated rings. The third-order valence-corrected chi connectivity index (χ3v) is 4.66. The molecule has 0 aliphatic rings.